The van der Waals surface area contributed by atoms with Crippen molar-refractivity contribution in [2.24, 2.45) is 0 Å². The third-order valence-corrected chi connectivity index (χ3v) is 4.98. The number of rotatable bonds is 7. The minimum atomic E-state index is 0.0335. The summed E-state index contributed by atoms with van der Waals surface area (Å²) >= 11 is 5.97. The Hall–Kier alpha value is -2.00. The largest absolute Gasteiger partial charge is 0.493 e. The number of ether oxygens (including phenoxy) is 1. The van der Waals surface area contributed by atoms with Crippen molar-refractivity contribution in [3.05, 3.63) is 65.2 Å². The molecule has 0 aliphatic heterocycles. The van der Waals surface area contributed by atoms with Crippen molar-refractivity contribution in [2.75, 3.05) is 13.2 Å². The van der Waals surface area contributed by atoms with E-state index in [2.05, 4.69) is 17.4 Å². The Morgan fingerprint density at radius 2 is 1.79 bits per heavy atom. The van der Waals surface area contributed by atoms with Crippen molar-refractivity contribution in [3.8, 4) is 5.75 Å². The van der Waals surface area contributed by atoms with Gasteiger partial charge in [0, 0.05) is 17.0 Å². The van der Waals surface area contributed by atoms with Crippen LogP contribution in [0.3, 0.4) is 0 Å². The number of hydrogen-bond donors (Lipinski definition) is 1. The number of para-hydroxylation sites is 1. The van der Waals surface area contributed by atoms with Gasteiger partial charge >= 0.3 is 0 Å². The molecule has 1 saturated carbocycles. The molecule has 2 aromatic rings. The van der Waals surface area contributed by atoms with Gasteiger partial charge in [-0.05, 0) is 42.7 Å². The molecule has 0 bridgehead atoms. The van der Waals surface area contributed by atoms with Crippen molar-refractivity contribution in [1.82, 2.24) is 5.32 Å². The molecule has 1 aliphatic rings. The van der Waals surface area contributed by atoms with Crippen molar-refractivity contribution in [2.45, 2.75) is 31.1 Å². The van der Waals surface area contributed by atoms with E-state index in [0.717, 1.165) is 23.6 Å². The summed E-state index contributed by atoms with van der Waals surface area (Å²) in [5.74, 6) is 0.827. The Balaban J connectivity index is 1.47. The molecule has 3 rings (SSSR count). The summed E-state index contributed by atoms with van der Waals surface area (Å²) in [7, 11) is 0. The lowest BCUT2D eigenvalue weighted by Crippen LogP contribution is -2.45. The van der Waals surface area contributed by atoms with Crippen LogP contribution in [0.4, 0.5) is 0 Å². The standard InChI is InChI=1S/C20H22ClNO2/c21-17-9-7-16(8-10-17)20(12-4-13-20)15-22-19(23)11-14-24-18-5-2-1-3-6-18/h1-3,5-10H,4,11-15H2,(H,22,23). The lowest BCUT2D eigenvalue weighted by molar-refractivity contribution is -0.122. The van der Waals surface area contributed by atoms with Crippen LogP contribution in [0.2, 0.25) is 5.02 Å². The van der Waals surface area contributed by atoms with Gasteiger partial charge in [0.2, 0.25) is 5.91 Å². The molecule has 0 atom stereocenters. The Kier molecular flexibility index (Phi) is 5.41. The zero-order chi connectivity index (χ0) is 16.8. The zero-order valence-electron chi connectivity index (χ0n) is 13.6. The van der Waals surface area contributed by atoms with E-state index in [4.69, 9.17) is 16.3 Å². The second-order valence-electron chi connectivity index (χ2n) is 6.33. The molecule has 0 spiro atoms. The fourth-order valence-corrected chi connectivity index (χ4v) is 3.23. The molecule has 1 amide bonds. The predicted octanol–water partition coefficient (Wildman–Crippen LogP) is 4.35. The zero-order valence-corrected chi connectivity index (χ0v) is 14.4. The number of carbonyl (C=O) groups excluding carboxylic acids is 1. The average Bonchev–Trinajstić information content (AvgIpc) is 2.56. The fraction of sp³-hybridized carbons (Fsp3) is 0.350. The average molecular weight is 344 g/mol. The quantitative estimate of drug-likeness (QED) is 0.811. The number of carbonyl (C=O) groups is 1. The van der Waals surface area contributed by atoms with Gasteiger partial charge in [-0.3, -0.25) is 4.79 Å². The van der Waals surface area contributed by atoms with Gasteiger partial charge in [-0.15, -0.1) is 0 Å². The van der Waals surface area contributed by atoms with E-state index < -0.39 is 0 Å². The topological polar surface area (TPSA) is 38.3 Å². The number of halogens is 1. The van der Waals surface area contributed by atoms with Gasteiger partial charge < -0.3 is 10.1 Å². The molecule has 126 valence electrons. The molecule has 4 heteroatoms. The van der Waals surface area contributed by atoms with Gasteiger partial charge in [0.15, 0.2) is 0 Å². The summed E-state index contributed by atoms with van der Waals surface area (Å²) in [5.41, 5.74) is 1.33. The molecule has 0 unspecified atom stereocenters. The monoisotopic (exact) mass is 343 g/mol. The van der Waals surface area contributed by atoms with Crippen LogP contribution in [0, 0.1) is 0 Å². The van der Waals surface area contributed by atoms with E-state index in [1.54, 1.807) is 0 Å². The first-order valence-electron chi connectivity index (χ1n) is 8.39. The number of benzene rings is 2. The Morgan fingerprint density at radius 1 is 1.08 bits per heavy atom. The van der Waals surface area contributed by atoms with Crippen molar-refractivity contribution in [1.29, 1.82) is 0 Å². The van der Waals surface area contributed by atoms with Crippen molar-refractivity contribution >= 4 is 17.5 Å². The smallest absolute Gasteiger partial charge is 0.223 e. The molecule has 0 saturated heterocycles. The summed E-state index contributed by atoms with van der Waals surface area (Å²) in [6.45, 7) is 1.07. The molecule has 0 aromatic heterocycles. The second-order valence-corrected chi connectivity index (χ2v) is 6.77. The van der Waals surface area contributed by atoms with Crippen LogP contribution in [0.1, 0.15) is 31.2 Å². The summed E-state index contributed by atoms with van der Waals surface area (Å²) < 4.78 is 5.57. The fourth-order valence-electron chi connectivity index (χ4n) is 3.11. The molecule has 0 radical (unpaired) electrons. The highest BCUT2D eigenvalue weighted by Gasteiger charge is 2.38. The summed E-state index contributed by atoms with van der Waals surface area (Å²) in [6, 6.07) is 17.6. The van der Waals surface area contributed by atoms with Crippen molar-refractivity contribution < 1.29 is 9.53 Å². The first-order valence-corrected chi connectivity index (χ1v) is 8.76. The maximum atomic E-state index is 12.1. The van der Waals surface area contributed by atoms with Crippen LogP contribution in [0.15, 0.2) is 54.6 Å². The summed E-state index contributed by atoms with van der Waals surface area (Å²) in [5, 5.41) is 3.82. The van der Waals surface area contributed by atoms with E-state index in [1.807, 2.05) is 42.5 Å². The van der Waals surface area contributed by atoms with Crippen LogP contribution in [-0.4, -0.2) is 19.1 Å². The van der Waals surface area contributed by atoms with Gasteiger partial charge in [0.25, 0.3) is 0 Å². The second kappa shape index (κ2) is 7.71. The Bertz CT molecular complexity index is 666. The molecule has 1 aliphatic carbocycles. The minimum Gasteiger partial charge on any atom is -0.493 e. The van der Waals surface area contributed by atoms with Crippen molar-refractivity contribution in [3.63, 3.8) is 0 Å². The minimum absolute atomic E-state index is 0.0335. The van der Waals surface area contributed by atoms with E-state index in [1.165, 1.54) is 12.0 Å². The molecule has 3 nitrogen and oxygen atoms in total. The lowest BCUT2D eigenvalue weighted by atomic mass is 9.64. The molecule has 2 aromatic carbocycles. The first-order chi connectivity index (χ1) is 11.7. The van der Waals surface area contributed by atoms with E-state index in [0.29, 0.717) is 19.6 Å². The third-order valence-electron chi connectivity index (χ3n) is 4.73. The highest BCUT2D eigenvalue weighted by atomic mass is 35.5. The van der Waals surface area contributed by atoms with Crippen LogP contribution >= 0.6 is 11.6 Å². The highest BCUT2D eigenvalue weighted by Crippen LogP contribution is 2.43. The Labute approximate surface area is 148 Å². The normalized spacial score (nSPS) is 15.4. The maximum Gasteiger partial charge on any atom is 0.223 e. The molecule has 1 N–H and O–H groups in total. The molecule has 0 heterocycles. The summed E-state index contributed by atoms with van der Waals surface area (Å²) in [6.07, 6.45) is 3.78. The molecular formula is C20H22ClNO2. The van der Waals surface area contributed by atoms with Gasteiger partial charge in [-0.25, -0.2) is 0 Å². The van der Waals surface area contributed by atoms with E-state index >= 15 is 0 Å². The Morgan fingerprint density at radius 3 is 2.42 bits per heavy atom. The summed E-state index contributed by atoms with van der Waals surface area (Å²) in [4.78, 5) is 12.1. The van der Waals surface area contributed by atoms with Crippen LogP contribution in [0.25, 0.3) is 0 Å². The predicted molar refractivity (Wildman–Crippen MR) is 96.5 cm³/mol. The number of hydrogen-bond acceptors (Lipinski definition) is 2. The number of amides is 1. The SMILES string of the molecule is O=C(CCOc1ccccc1)NCC1(c2ccc(Cl)cc2)CCC1. The molecular weight excluding hydrogens is 322 g/mol. The maximum absolute atomic E-state index is 12.1. The lowest BCUT2D eigenvalue weighted by Gasteiger charge is -2.42. The highest BCUT2D eigenvalue weighted by molar-refractivity contribution is 6.30. The van der Waals surface area contributed by atoms with Gasteiger partial charge in [-0.1, -0.05) is 48.4 Å². The molecule has 1 fully saturated rings. The van der Waals surface area contributed by atoms with Crippen LogP contribution < -0.4 is 10.1 Å². The van der Waals surface area contributed by atoms with Gasteiger partial charge in [-0.2, -0.15) is 0 Å². The van der Waals surface area contributed by atoms with Crippen LogP contribution in [-0.2, 0) is 10.2 Å². The first kappa shape index (κ1) is 16.8. The van der Waals surface area contributed by atoms with Crippen LogP contribution in [0.5, 0.6) is 5.75 Å². The van der Waals surface area contributed by atoms with E-state index in [-0.39, 0.29) is 11.3 Å². The van der Waals surface area contributed by atoms with Gasteiger partial charge in [0.1, 0.15) is 5.75 Å². The number of nitrogens with one attached hydrogen (secondary N) is 1. The van der Waals surface area contributed by atoms with E-state index in [9.17, 15) is 4.79 Å². The van der Waals surface area contributed by atoms with Gasteiger partial charge in [0.05, 0.1) is 13.0 Å². The molecule has 24 heavy (non-hydrogen) atoms. The third kappa shape index (κ3) is 4.09.